The van der Waals surface area contributed by atoms with Crippen molar-refractivity contribution in [3.05, 3.63) is 31.8 Å². The maximum Gasteiger partial charge on any atom is 0.178 e. The summed E-state index contributed by atoms with van der Waals surface area (Å²) in [6.07, 6.45) is 0. The smallest absolute Gasteiger partial charge is 0.178 e. The van der Waals surface area contributed by atoms with E-state index in [2.05, 4.69) is 10.2 Å². The minimum atomic E-state index is -0.668. The Kier molecular flexibility index (Phi) is 3.17. The lowest BCUT2D eigenvalue weighted by Gasteiger charge is -1.99. The van der Waals surface area contributed by atoms with E-state index in [1.165, 1.54) is 11.3 Å². The van der Waals surface area contributed by atoms with Crippen LogP contribution >= 0.6 is 45.5 Å². The average Bonchev–Trinajstić information content (AvgIpc) is 2.58. The standard InChI is InChI=1S/C8H2ClF2IN2S/c9-4-2-5(10)3(1-6(4)11)7-13-14-8(12)15-7/h1-2H. The third-order valence-electron chi connectivity index (χ3n) is 1.64. The minimum absolute atomic E-state index is 0.0808. The normalized spacial score (nSPS) is 10.7. The zero-order chi connectivity index (χ0) is 11.0. The second-order valence-electron chi connectivity index (χ2n) is 2.61. The van der Waals surface area contributed by atoms with Crippen molar-refractivity contribution in [2.24, 2.45) is 0 Å². The Balaban J connectivity index is 2.58. The Labute approximate surface area is 106 Å². The van der Waals surface area contributed by atoms with Crippen molar-refractivity contribution in [3.63, 3.8) is 0 Å². The molecular formula is C8H2ClF2IN2S. The monoisotopic (exact) mass is 358 g/mol. The van der Waals surface area contributed by atoms with Crippen molar-refractivity contribution in [1.82, 2.24) is 10.2 Å². The van der Waals surface area contributed by atoms with Crippen LogP contribution in [0.4, 0.5) is 8.78 Å². The lowest BCUT2D eigenvalue weighted by molar-refractivity contribution is 0.603. The van der Waals surface area contributed by atoms with Crippen LogP contribution in [0.25, 0.3) is 10.6 Å². The van der Waals surface area contributed by atoms with E-state index < -0.39 is 11.6 Å². The molecule has 0 unspecified atom stereocenters. The number of aromatic nitrogens is 2. The summed E-state index contributed by atoms with van der Waals surface area (Å²) < 4.78 is 27.2. The maximum atomic E-state index is 13.4. The molecule has 1 aromatic carbocycles. The molecule has 0 N–H and O–H groups in total. The maximum absolute atomic E-state index is 13.4. The molecule has 0 fully saturated rings. The van der Waals surface area contributed by atoms with Crippen LogP contribution in [-0.2, 0) is 0 Å². The van der Waals surface area contributed by atoms with E-state index in [0.717, 1.165) is 12.1 Å². The molecule has 2 aromatic rings. The van der Waals surface area contributed by atoms with Crippen molar-refractivity contribution in [1.29, 1.82) is 0 Å². The topological polar surface area (TPSA) is 25.8 Å². The van der Waals surface area contributed by atoms with Gasteiger partial charge in [-0.1, -0.05) is 22.9 Å². The average molecular weight is 359 g/mol. The van der Waals surface area contributed by atoms with Gasteiger partial charge >= 0.3 is 0 Å². The van der Waals surface area contributed by atoms with Gasteiger partial charge in [-0.25, -0.2) is 8.78 Å². The Morgan fingerprint density at radius 2 is 1.93 bits per heavy atom. The highest BCUT2D eigenvalue weighted by atomic mass is 127. The van der Waals surface area contributed by atoms with Gasteiger partial charge in [0.1, 0.15) is 11.6 Å². The van der Waals surface area contributed by atoms with Gasteiger partial charge in [0.25, 0.3) is 0 Å². The fourth-order valence-electron chi connectivity index (χ4n) is 1.00. The molecule has 0 radical (unpaired) electrons. The lowest BCUT2D eigenvalue weighted by Crippen LogP contribution is -1.87. The second kappa shape index (κ2) is 4.26. The molecule has 0 aliphatic rings. The highest BCUT2D eigenvalue weighted by Gasteiger charge is 2.13. The Morgan fingerprint density at radius 3 is 2.53 bits per heavy atom. The van der Waals surface area contributed by atoms with E-state index in [1.54, 1.807) is 0 Å². The predicted octanol–water partition coefficient (Wildman–Crippen LogP) is 3.74. The first-order valence-corrected chi connectivity index (χ1v) is 5.99. The van der Waals surface area contributed by atoms with Crippen LogP contribution in [0.1, 0.15) is 0 Å². The van der Waals surface area contributed by atoms with Crippen LogP contribution in [0.5, 0.6) is 0 Å². The van der Waals surface area contributed by atoms with E-state index in [9.17, 15) is 8.78 Å². The molecule has 1 heterocycles. The fourth-order valence-corrected chi connectivity index (χ4v) is 2.47. The van der Waals surface area contributed by atoms with Crippen LogP contribution in [0.15, 0.2) is 12.1 Å². The third kappa shape index (κ3) is 2.26. The Bertz CT molecular complexity index is 517. The van der Waals surface area contributed by atoms with Gasteiger partial charge in [0, 0.05) is 0 Å². The van der Waals surface area contributed by atoms with Gasteiger partial charge < -0.3 is 0 Å². The van der Waals surface area contributed by atoms with E-state index in [0.29, 0.717) is 8.02 Å². The molecule has 15 heavy (non-hydrogen) atoms. The highest BCUT2D eigenvalue weighted by Crippen LogP contribution is 2.30. The SMILES string of the molecule is Fc1cc(-c2nnc(I)s2)c(F)cc1Cl. The summed E-state index contributed by atoms with van der Waals surface area (Å²) in [5.74, 6) is -1.27. The molecule has 78 valence electrons. The molecule has 0 saturated heterocycles. The van der Waals surface area contributed by atoms with Crippen molar-refractivity contribution >= 4 is 45.5 Å². The lowest BCUT2D eigenvalue weighted by atomic mass is 10.2. The molecular weight excluding hydrogens is 357 g/mol. The van der Waals surface area contributed by atoms with Crippen molar-refractivity contribution in [2.75, 3.05) is 0 Å². The molecule has 0 saturated carbocycles. The van der Waals surface area contributed by atoms with E-state index in [-0.39, 0.29) is 10.6 Å². The van der Waals surface area contributed by atoms with E-state index in [4.69, 9.17) is 11.6 Å². The molecule has 2 rings (SSSR count). The number of halogens is 4. The van der Waals surface area contributed by atoms with Crippen molar-refractivity contribution in [2.45, 2.75) is 0 Å². The van der Waals surface area contributed by atoms with Crippen LogP contribution in [0.2, 0.25) is 5.02 Å². The zero-order valence-corrected chi connectivity index (χ0v) is 10.7. The van der Waals surface area contributed by atoms with E-state index in [1.807, 2.05) is 22.6 Å². The highest BCUT2D eigenvalue weighted by molar-refractivity contribution is 14.1. The number of benzene rings is 1. The van der Waals surface area contributed by atoms with Crippen LogP contribution in [-0.4, -0.2) is 10.2 Å². The summed E-state index contributed by atoms with van der Waals surface area (Å²) in [7, 11) is 0. The summed E-state index contributed by atoms with van der Waals surface area (Å²) in [4.78, 5) is 0. The summed E-state index contributed by atoms with van der Waals surface area (Å²) in [5.41, 5.74) is 0.0808. The quantitative estimate of drug-likeness (QED) is 0.573. The van der Waals surface area contributed by atoms with Gasteiger partial charge in [0.2, 0.25) is 0 Å². The molecule has 0 amide bonds. The van der Waals surface area contributed by atoms with Crippen molar-refractivity contribution in [3.8, 4) is 10.6 Å². The molecule has 0 aliphatic carbocycles. The second-order valence-corrected chi connectivity index (χ2v) is 5.74. The third-order valence-corrected chi connectivity index (χ3v) is 3.55. The first-order chi connectivity index (χ1) is 7.08. The summed E-state index contributed by atoms with van der Waals surface area (Å²) in [6.45, 7) is 0. The molecule has 1 aromatic heterocycles. The van der Waals surface area contributed by atoms with Gasteiger partial charge in [0.15, 0.2) is 8.02 Å². The van der Waals surface area contributed by atoms with Gasteiger partial charge in [-0.15, -0.1) is 10.2 Å². The van der Waals surface area contributed by atoms with Crippen molar-refractivity contribution < 1.29 is 8.78 Å². The van der Waals surface area contributed by atoms with E-state index >= 15 is 0 Å². The van der Waals surface area contributed by atoms with Gasteiger partial charge in [-0.2, -0.15) is 0 Å². The first kappa shape index (κ1) is 11.2. The summed E-state index contributed by atoms with van der Waals surface area (Å²) in [5, 5.41) is 7.55. The number of hydrogen-bond donors (Lipinski definition) is 0. The van der Waals surface area contributed by atoms with Gasteiger partial charge in [-0.3, -0.25) is 0 Å². The Morgan fingerprint density at radius 1 is 1.20 bits per heavy atom. The molecule has 2 nitrogen and oxygen atoms in total. The van der Waals surface area contributed by atoms with Crippen LogP contribution < -0.4 is 0 Å². The summed E-state index contributed by atoms with van der Waals surface area (Å²) in [6, 6.07) is 1.95. The van der Waals surface area contributed by atoms with Gasteiger partial charge in [0.05, 0.1) is 10.6 Å². The van der Waals surface area contributed by atoms with Crippen LogP contribution in [0, 0.1) is 14.6 Å². The van der Waals surface area contributed by atoms with Gasteiger partial charge in [-0.05, 0) is 34.7 Å². The minimum Gasteiger partial charge on any atom is -0.206 e. The number of rotatable bonds is 1. The zero-order valence-electron chi connectivity index (χ0n) is 6.97. The number of nitrogens with zero attached hydrogens (tertiary/aromatic N) is 2. The fraction of sp³-hybridized carbons (Fsp3) is 0. The predicted molar refractivity (Wildman–Crippen MR) is 63.0 cm³/mol. The molecule has 0 bridgehead atoms. The number of hydrogen-bond acceptors (Lipinski definition) is 3. The Hall–Kier alpha value is -0.340. The molecule has 0 spiro atoms. The summed E-state index contributed by atoms with van der Waals surface area (Å²) >= 11 is 8.57. The molecule has 0 atom stereocenters. The first-order valence-electron chi connectivity index (χ1n) is 3.72. The molecule has 7 heteroatoms. The largest absolute Gasteiger partial charge is 0.206 e. The van der Waals surface area contributed by atoms with Crippen LogP contribution in [0.3, 0.4) is 0 Å². The molecule has 0 aliphatic heterocycles.